The van der Waals surface area contributed by atoms with Crippen LogP contribution in [0.2, 0.25) is 0 Å². The minimum Gasteiger partial charge on any atom is -0.304 e. The molecule has 2 aromatic carbocycles. The van der Waals surface area contributed by atoms with E-state index < -0.39 is 0 Å². The lowest BCUT2D eigenvalue weighted by Crippen LogP contribution is -2.44. The first kappa shape index (κ1) is 14.2. The molecule has 0 N–H and O–H groups in total. The van der Waals surface area contributed by atoms with Gasteiger partial charge in [0.25, 0.3) is 0 Å². The summed E-state index contributed by atoms with van der Waals surface area (Å²) in [7, 11) is 2.23. The van der Waals surface area contributed by atoms with Gasteiger partial charge in [0.2, 0.25) is 0 Å². The van der Waals surface area contributed by atoms with Crippen LogP contribution < -0.4 is 0 Å². The molecular weight excluding hydrogens is 268 g/mol. The van der Waals surface area contributed by atoms with E-state index in [9.17, 15) is 0 Å². The van der Waals surface area contributed by atoms with Gasteiger partial charge in [0.1, 0.15) is 0 Å². The molecule has 4 rings (SSSR count). The van der Waals surface area contributed by atoms with Gasteiger partial charge >= 0.3 is 0 Å². The summed E-state index contributed by atoms with van der Waals surface area (Å²) in [5.41, 5.74) is 4.68. The third kappa shape index (κ3) is 2.66. The maximum absolute atomic E-state index is 2.63. The van der Waals surface area contributed by atoms with Gasteiger partial charge in [-0.15, -0.1) is 0 Å². The predicted octanol–water partition coefficient (Wildman–Crippen LogP) is 3.12. The standard InChI is InChI=1S/C20H26N2/c1-21-12-14-22(15-13-21)11-3-5-16-7-8-18-10-9-17-4-2-6-19(16)20(17)18/h2,4,6-8H,3,5,9-15H2,1H3. The van der Waals surface area contributed by atoms with Crippen LogP contribution in [0.3, 0.4) is 0 Å². The van der Waals surface area contributed by atoms with Crippen molar-refractivity contribution in [2.24, 2.45) is 0 Å². The van der Waals surface area contributed by atoms with Gasteiger partial charge in [0.15, 0.2) is 0 Å². The van der Waals surface area contributed by atoms with Crippen LogP contribution in [-0.2, 0) is 19.3 Å². The molecule has 0 aromatic heterocycles. The number of likely N-dealkylation sites (N-methyl/N-ethyl adjacent to an activating group) is 1. The van der Waals surface area contributed by atoms with Gasteiger partial charge in [-0.2, -0.15) is 0 Å². The SMILES string of the molecule is CN1CCN(CCCc2ccc3c4c(cccc24)CC3)CC1. The third-order valence-corrected chi connectivity index (χ3v) is 5.48. The molecule has 0 saturated carbocycles. The topological polar surface area (TPSA) is 6.48 Å². The molecule has 0 amide bonds. The fourth-order valence-corrected chi connectivity index (χ4v) is 4.09. The molecule has 2 aliphatic rings. The summed E-state index contributed by atoms with van der Waals surface area (Å²) in [6.45, 7) is 6.17. The first-order valence-electron chi connectivity index (χ1n) is 8.74. The highest BCUT2D eigenvalue weighted by atomic mass is 15.2. The van der Waals surface area contributed by atoms with Crippen molar-refractivity contribution in [2.45, 2.75) is 25.7 Å². The highest BCUT2D eigenvalue weighted by Gasteiger charge is 2.16. The van der Waals surface area contributed by atoms with Crippen molar-refractivity contribution in [3.05, 3.63) is 47.0 Å². The van der Waals surface area contributed by atoms with Gasteiger partial charge < -0.3 is 9.80 Å². The average Bonchev–Trinajstić information content (AvgIpc) is 2.97. The van der Waals surface area contributed by atoms with Crippen LogP contribution in [0.25, 0.3) is 10.8 Å². The Bertz CT molecular complexity index is 658. The third-order valence-electron chi connectivity index (χ3n) is 5.48. The average molecular weight is 294 g/mol. The van der Waals surface area contributed by atoms with Gasteiger partial charge in [-0.05, 0) is 66.7 Å². The lowest BCUT2D eigenvalue weighted by molar-refractivity contribution is 0.153. The molecule has 0 atom stereocenters. The van der Waals surface area contributed by atoms with E-state index in [1.807, 2.05) is 0 Å². The number of benzene rings is 2. The normalized spacial score (nSPS) is 19.1. The van der Waals surface area contributed by atoms with Crippen LogP contribution in [0.5, 0.6) is 0 Å². The number of nitrogens with zero attached hydrogens (tertiary/aromatic N) is 2. The summed E-state index contributed by atoms with van der Waals surface area (Å²) < 4.78 is 0. The molecule has 1 saturated heterocycles. The second-order valence-corrected chi connectivity index (χ2v) is 6.97. The van der Waals surface area contributed by atoms with E-state index in [4.69, 9.17) is 0 Å². The smallest absolute Gasteiger partial charge is 0.0110 e. The minimum absolute atomic E-state index is 1.21. The molecule has 2 nitrogen and oxygen atoms in total. The van der Waals surface area contributed by atoms with E-state index in [0.717, 1.165) is 0 Å². The Morgan fingerprint density at radius 2 is 1.68 bits per heavy atom. The Morgan fingerprint density at radius 1 is 0.909 bits per heavy atom. The second-order valence-electron chi connectivity index (χ2n) is 6.97. The molecule has 0 bridgehead atoms. The van der Waals surface area contributed by atoms with Crippen LogP contribution in [-0.4, -0.2) is 49.6 Å². The van der Waals surface area contributed by atoms with Crippen LogP contribution in [0.1, 0.15) is 23.1 Å². The summed E-state index contributed by atoms with van der Waals surface area (Å²) >= 11 is 0. The summed E-state index contributed by atoms with van der Waals surface area (Å²) in [4.78, 5) is 5.06. The largest absolute Gasteiger partial charge is 0.304 e. The van der Waals surface area contributed by atoms with Gasteiger partial charge in [-0.1, -0.05) is 30.3 Å². The van der Waals surface area contributed by atoms with E-state index in [2.05, 4.69) is 47.2 Å². The fraction of sp³-hybridized carbons (Fsp3) is 0.500. The van der Waals surface area contributed by atoms with Gasteiger partial charge in [-0.25, -0.2) is 0 Å². The lowest BCUT2D eigenvalue weighted by atomic mass is 9.97. The molecule has 1 aliphatic carbocycles. The van der Waals surface area contributed by atoms with Crippen LogP contribution in [0, 0.1) is 0 Å². The van der Waals surface area contributed by atoms with Crippen molar-refractivity contribution < 1.29 is 0 Å². The highest BCUT2D eigenvalue weighted by molar-refractivity contribution is 5.93. The maximum atomic E-state index is 2.63. The van der Waals surface area contributed by atoms with Gasteiger partial charge in [-0.3, -0.25) is 0 Å². The fourth-order valence-electron chi connectivity index (χ4n) is 4.09. The van der Waals surface area contributed by atoms with Crippen molar-refractivity contribution in [1.29, 1.82) is 0 Å². The van der Waals surface area contributed by atoms with Crippen LogP contribution >= 0.6 is 0 Å². The Morgan fingerprint density at radius 3 is 2.50 bits per heavy atom. The second kappa shape index (κ2) is 6.02. The molecule has 2 heteroatoms. The molecule has 2 aromatic rings. The zero-order chi connectivity index (χ0) is 14.9. The van der Waals surface area contributed by atoms with Crippen LogP contribution in [0.4, 0.5) is 0 Å². The quantitative estimate of drug-likeness (QED) is 0.855. The molecule has 1 aliphatic heterocycles. The van der Waals surface area contributed by atoms with E-state index in [-0.39, 0.29) is 0 Å². The summed E-state index contributed by atoms with van der Waals surface area (Å²) in [5.74, 6) is 0. The minimum atomic E-state index is 1.21. The van der Waals surface area contributed by atoms with Crippen molar-refractivity contribution in [1.82, 2.24) is 9.80 Å². The molecule has 0 spiro atoms. The highest BCUT2D eigenvalue weighted by Crippen LogP contribution is 2.33. The summed E-state index contributed by atoms with van der Waals surface area (Å²) in [6.07, 6.45) is 4.96. The van der Waals surface area contributed by atoms with Gasteiger partial charge in [0, 0.05) is 26.2 Å². The molecule has 0 radical (unpaired) electrons. The molecule has 0 unspecified atom stereocenters. The molecule has 1 heterocycles. The summed E-state index contributed by atoms with van der Waals surface area (Å²) in [5, 5.41) is 3.09. The number of hydrogen-bond donors (Lipinski definition) is 0. The maximum Gasteiger partial charge on any atom is 0.0110 e. The van der Waals surface area contributed by atoms with Crippen molar-refractivity contribution in [3.8, 4) is 0 Å². The van der Waals surface area contributed by atoms with E-state index in [1.54, 1.807) is 22.1 Å². The Labute approximate surface area is 133 Å². The molecule has 22 heavy (non-hydrogen) atoms. The van der Waals surface area contributed by atoms with Crippen molar-refractivity contribution in [3.63, 3.8) is 0 Å². The number of piperazine rings is 1. The van der Waals surface area contributed by atoms with Crippen molar-refractivity contribution in [2.75, 3.05) is 39.8 Å². The molecular formula is C20H26N2. The van der Waals surface area contributed by atoms with E-state index in [1.165, 1.54) is 63.8 Å². The molecule has 1 fully saturated rings. The van der Waals surface area contributed by atoms with E-state index >= 15 is 0 Å². The summed E-state index contributed by atoms with van der Waals surface area (Å²) in [6, 6.07) is 11.7. The lowest BCUT2D eigenvalue weighted by Gasteiger charge is -2.32. The first-order chi connectivity index (χ1) is 10.8. The Balaban J connectivity index is 1.44. The number of aryl methyl sites for hydroxylation is 3. The number of hydrogen-bond acceptors (Lipinski definition) is 2. The van der Waals surface area contributed by atoms with Gasteiger partial charge in [0.05, 0.1) is 0 Å². The first-order valence-corrected chi connectivity index (χ1v) is 8.74. The Hall–Kier alpha value is -1.38. The zero-order valence-electron chi connectivity index (χ0n) is 13.6. The monoisotopic (exact) mass is 294 g/mol. The number of rotatable bonds is 4. The van der Waals surface area contributed by atoms with E-state index in [0.29, 0.717) is 0 Å². The zero-order valence-corrected chi connectivity index (χ0v) is 13.6. The Kier molecular flexibility index (Phi) is 3.89. The predicted molar refractivity (Wildman–Crippen MR) is 93.6 cm³/mol. The molecule has 116 valence electrons. The van der Waals surface area contributed by atoms with Crippen LogP contribution in [0.15, 0.2) is 30.3 Å². The van der Waals surface area contributed by atoms with Crippen molar-refractivity contribution >= 4 is 10.8 Å².